The highest BCUT2D eigenvalue weighted by Crippen LogP contribution is 2.19. The zero-order chi connectivity index (χ0) is 12.8. The van der Waals surface area contributed by atoms with Crippen LogP contribution in [0.4, 0.5) is 0 Å². The van der Waals surface area contributed by atoms with Crippen LogP contribution in [0.25, 0.3) is 0 Å². The third-order valence-corrected chi connectivity index (χ3v) is 2.62. The molecule has 1 aromatic rings. The summed E-state index contributed by atoms with van der Waals surface area (Å²) in [6, 6.07) is 2.09. The van der Waals surface area contributed by atoms with Gasteiger partial charge in [-0.25, -0.2) is 4.98 Å². The highest BCUT2D eigenvalue weighted by atomic mass is 16.5. The molecule has 0 amide bonds. The molecule has 0 radical (unpaired) electrons. The molecule has 0 aliphatic heterocycles. The molecule has 3 unspecified atom stereocenters. The predicted octanol–water partition coefficient (Wildman–Crippen LogP) is 1.64. The Bertz CT molecular complexity index is 381. The van der Waals surface area contributed by atoms with Gasteiger partial charge in [-0.15, -0.1) is 0 Å². The molecule has 0 saturated carbocycles. The fraction of sp³-hybridized carbons (Fsp3) is 0.667. The van der Waals surface area contributed by atoms with Crippen molar-refractivity contribution in [1.82, 2.24) is 9.55 Å². The van der Waals surface area contributed by atoms with E-state index in [2.05, 4.69) is 18.0 Å². The summed E-state index contributed by atoms with van der Waals surface area (Å²) in [4.78, 5) is 4.03. The molecule has 1 N–H and O–H groups in total. The van der Waals surface area contributed by atoms with E-state index >= 15 is 0 Å². The van der Waals surface area contributed by atoms with E-state index in [-0.39, 0.29) is 6.10 Å². The van der Waals surface area contributed by atoms with Crippen LogP contribution in [0, 0.1) is 11.3 Å². The molecular formula is C12H19N3O2. The van der Waals surface area contributed by atoms with Gasteiger partial charge >= 0.3 is 0 Å². The van der Waals surface area contributed by atoms with Crippen LogP contribution in [-0.4, -0.2) is 26.9 Å². The molecule has 0 aromatic carbocycles. The van der Waals surface area contributed by atoms with Gasteiger partial charge in [-0.1, -0.05) is 6.92 Å². The van der Waals surface area contributed by atoms with Gasteiger partial charge in [0.1, 0.15) is 6.07 Å². The summed E-state index contributed by atoms with van der Waals surface area (Å²) in [7, 11) is 0. The maximum Gasteiger partial charge on any atom is 0.185 e. The maximum absolute atomic E-state index is 9.38. The van der Waals surface area contributed by atoms with Gasteiger partial charge < -0.3 is 14.4 Å². The molecule has 0 bridgehead atoms. The molecule has 3 atom stereocenters. The lowest BCUT2D eigenvalue weighted by atomic mass is 10.2. The summed E-state index contributed by atoms with van der Waals surface area (Å²) in [6.45, 7) is 6.25. The maximum atomic E-state index is 9.38. The number of aryl methyl sites for hydroxylation is 1. The van der Waals surface area contributed by atoms with Crippen LogP contribution < -0.4 is 0 Å². The molecule has 0 aliphatic rings. The number of nitriles is 1. The zero-order valence-electron chi connectivity index (χ0n) is 10.5. The van der Waals surface area contributed by atoms with Gasteiger partial charge in [0.15, 0.2) is 6.10 Å². The fourth-order valence-corrected chi connectivity index (χ4v) is 1.47. The van der Waals surface area contributed by atoms with Gasteiger partial charge in [0.2, 0.25) is 0 Å². The van der Waals surface area contributed by atoms with Crippen molar-refractivity contribution in [3.8, 4) is 6.07 Å². The lowest BCUT2D eigenvalue weighted by Crippen LogP contribution is -2.25. The Morgan fingerprint density at radius 1 is 1.59 bits per heavy atom. The van der Waals surface area contributed by atoms with Crippen LogP contribution in [0.15, 0.2) is 12.5 Å². The summed E-state index contributed by atoms with van der Waals surface area (Å²) in [5.74, 6) is 0. The van der Waals surface area contributed by atoms with Crippen molar-refractivity contribution in [3.05, 3.63) is 18.2 Å². The number of aliphatic hydroxyl groups is 1. The van der Waals surface area contributed by atoms with Gasteiger partial charge in [-0.3, -0.25) is 0 Å². The molecule has 1 aromatic heterocycles. The van der Waals surface area contributed by atoms with Crippen LogP contribution in [0.3, 0.4) is 0 Å². The van der Waals surface area contributed by atoms with E-state index in [0.29, 0.717) is 0 Å². The van der Waals surface area contributed by atoms with E-state index < -0.39 is 12.2 Å². The van der Waals surface area contributed by atoms with Gasteiger partial charge in [0.05, 0.1) is 30.4 Å². The van der Waals surface area contributed by atoms with E-state index in [1.54, 1.807) is 26.4 Å². The molecule has 0 aliphatic carbocycles. The van der Waals surface area contributed by atoms with Crippen LogP contribution in [0.5, 0.6) is 0 Å². The zero-order valence-corrected chi connectivity index (χ0v) is 10.5. The van der Waals surface area contributed by atoms with Gasteiger partial charge in [-0.2, -0.15) is 5.26 Å². The quantitative estimate of drug-likeness (QED) is 0.816. The first-order valence-corrected chi connectivity index (χ1v) is 5.83. The van der Waals surface area contributed by atoms with Crippen LogP contribution in [-0.2, 0) is 11.3 Å². The van der Waals surface area contributed by atoms with E-state index in [1.165, 1.54) is 0 Å². The van der Waals surface area contributed by atoms with Crippen LogP contribution >= 0.6 is 0 Å². The third-order valence-electron chi connectivity index (χ3n) is 2.62. The molecule has 1 heterocycles. The predicted molar refractivity (Wildman–Crippen MR) is 63.1 cm³/mol. The van der Waals surface area contributed by atoms with Crippen molar-refractivity contribution < 1.29 is 9.84 Å². The van der Waals surface area contributed by atoms with Crippen molar-refractivity contribution in [3.63, 3.8) is 0 Å². The van der Waals surface area contributed by atoms with Crippen molar-refractivity contribution in [2.75, 3.05) is 0 Å². The Kier molecular flexibility index (Phi) is 5.13. The molecule has 0 fully saturated rings. The average Bonchev–Trinajstić information content (AvgIpc) is 2.74. The number of hydrogen-bond acceptors (Lipinski definition) is 4. The first kappa shape index (κ1) is 13.7. The number of hydrogen-bond donors (Lipinski definition) is 1. The Hall–Kier alpha value is -1.38. The summed E-state index contributed by atoms with van der Waals surface area (Å²) in [5, 5.41) is 18.5. The van der Waals surface area contributed by atoms with Gasteiger partial charge in [0.25, 0.3) is 0 Å². The normalized spacial score (nSPS) is 16.2. The lowest BCUT2D eigenvalue weighted by molar-refractivity contribution is -0.0448. The molecule has 0 spiro atoms. The van der Waals surface area contributed by atoms with Crippen molar-refractivity contribution in [1.29, 1.82) is 5.26 Å². The van der Waals surface area contributed by atoms with E-state index in [0.717, 1.165) is 18.7 Å². The molecular weight excluding hydrogens is 218 g/mol. The first-order valence-electron chi connectivity index (χ1n) is 5.83. The number of rotatable bonds is 6. The van der Waals surface area contributed by atoms with Gasteiger partial charge in [0, 0.05) is 6.54 Å². The Labute approximate surface area is 102 Å². The van der Waals surface area contributed by atoms with Crippen LogP contribution in [0.2, 0.25) is 0 Å². The van der Waals surface area contributed by atoms with Crippen LogP contribution in [0.1, 0.15) is 39.0 Å². The monoisotopic (exact) mass is 237 g/mol. The molecule has 1 rings (SSSR count). The fourth-order valence-electron chi connectivity index (χ4n) is 1.47. The highest BCUT2D eigenvalue weighted by Gasteiger charge is 2.21. The Morgan fingerprint density at radius 3 is 2.82 bits per heavy atom. The smallest absolute Gasteiger partial charge is 0.185 e. The number of nitrogens with zero attached hydrogens (tertiary/aromatic N) is 3. The second-order valence-corrected chi connectivity index (χ2v) is 4.10. The summed E-state index contributed by atoms with van der Waals surface area (Å²) < 4.78 is 7.43. The molecule has 5 nitrogen and oxygen atoms in total. The largest absolute Gasteiger partial charge is 0.391 e. The number of aromatic nitrogens is 2. The number of ether oxygens (including phenoxy) is 1. The van der Waals surface area contributed by atoms with Crippen molar-refractivity contribution >= 4 is 0 Å². The molecule has 5 heteroatoms. The minimum atomic E-state index is -0.686. The number of imidazole rings is 1. The number of aliphatic hydroxyl groups excluding tert-OH is 1. The lowest BCUT2D eigenvalue weighted by Gasteiger charge is -2.20. The summed E-state index contributed by atoms with van der Waals surface area (Å²) in [6.07, 6.45) is 2.62. The van der Waals surface area contributed by atoms with Crippen molar-refractivity contribution in [2.45, 2.75) is 52.0 Å². The SMILES string of the molecule is CCCn1cncc1C(C#N)OC(C)C(C)O. The summed E-state index contributed by atoms with van der Waals surface area (Å²) in [5.41, 5.74) is 0.738. The van der Waals surface area contributed by atoms with Crippen molar-refractivity contribution in [2.24, 2.45) is 0 Å². The second kappa shape index (κ2) is 6.38. The molecule has 17 heavy (non-hydrogen) atoms. The molecule has 0 saturated heterocycles. The topological polar surface area (TPSA) is 71.1 Å². The van der Waals surface area contributed by atoms with Gasteiger partial charge in [-0.05, 0) is 20.3 Å². The second-order valence-electron chi connectivity index (χ2n) is 4.10. The minimum absolute atomic E-state index is 0.385. The van der Waals surface area contributed by atoms with E-state index in [1.807, 2.05) is 4.57 Å². The van der Waals surface area contributed by atoms with E-state index in [4.69, 9.17) is 10.00 Å². The average molecular weight is 237 g/mol. The standard InChI is InChI=1S/C12H19N3O2/c1-4-5-15-8-14-7-11(15)12(6-13)17-10(3)9(2)16/h7-10,12,16H,4-5H2,1-3H3. The minimum Gasteiger partial charge on any atom is -0.391 e. The first-order chi connectivity index (χ1) is 8.10. The summed E-state index contributed by atoms with van der Waals surface area (Å²) >= 11 is 0. The third kappa shape index (κ3) is 3.55. The van der Waals surface area contributed by atoms with E-state index in [9.17, 15) is 5.11 Å². The Morgan fingerprint density at radius 2 is 2.29 bits per heavy atom. The Balaban J connectivity index is 2.80. The highest BCUT2D eigenvalue weighted by molar-refractivity contribution is 5.11. The molecule has 94 valence electrons.